The fourth-order valence-corrected chi connectivity index (χ4v) is 1.50. The molecule has 0 aliphatic heterocycles. The van der Waals surface area contributed by atoms with Gasteiger partial charge in [-0.25, -0.2) is 9.18 Å². The van der Waals surface area contributed by atoms with E-state index in [1.54, 1.807) is 0 Å². The summed E-state index contributed by atoms with van der Waals surface area (Å²) in [4.78, 5) is 10.9. The number of aliphatic carboxylic acids is 1. The lowest BCUT2D eigenvalue weighted by molar-refractivity contribution is -0.138. The van der Waals surface area contributed by atoms with Crippen molar-refractivity contribution in [1.82, 2.24) is 0 Å². The minimum atomic E-state index is -0.990. The fraction of sp³-hybridized carbons (Fsp3) is 0.364. The van der Waals surface area contributed by atoms with E-state index in [1.165, 1.54) is 12.1 Å². The third-order valence-corrected chi connectivity index (χ3v) is 2.37. The molecule has 0 saturated carbocycles. The summed E-state index contributed by atoms with van der Waals surface area (Å²) in [5.74, 6) is -1.54. The standard InChI is InChI=1S/C11H13ClFNO2/c1-2-3-10(11(15)16)14-9-5-4-7(12)6-8(9)13/h4-6,10,14H,2-3H2,1H3,(H,15,16). The topological polar surface area (TPSA) is 49.3 Å². The minimum Gasteiger partial charge on any atom is -0.480 e. The van der Waals surface area contributed by atoms with Crippen LogP contribution in [0.25, 0.3) is 0 Å². The average molecular weight is 246 g/mol. The van der Waals surface area contributed by atoms with Crippen molar-refractivity contribution >= 4 is 23.3 Å². The molecule has 1 unspecified atom stereocenters. The van der Waals surface area contributed by atoms with Gasteiger partial charge in [0.05, 0.1) is 5.69 Å². The highest BCUT2D eigenvalue weighted by Gasteiger charge is 2.17. The Bertz CT molecular complexity index is 384. The van der Waals surface area contributed by atoms with Crippen LogP contribution in [0.15, 0.2) is 18.2 Å². The Kier molecular flexibility index (Phi) is 4.55. The number of carboxylic acid groups (broad SMARTS) is 1. The molecule has 0 saturated heterocycles. The van der Waals surface area contributed by atoms with Gasteiger partial charge in [-0.15, -0.1) is 0 Å². The van der Waals surface area contributed by atoms with Crippen molar-refractivity contribution in [3.8, 4) is 0 Å². The molecule has 1 atom stereocenters. The van der Waals surface area contributed by atoms with Crippen LogP contribution in [-0.4, -0.2) is 17.1 Å². The Morgan fingerprint density at radius 2 is 2.31 bits per heavy atom. The van der Waals surface area contributed by atoms with Gasteiger partial charge in [0.15, 0.2) is 0 Å². The number of hydrogen-bond donors (Lipinski definition) is 2. The molecule has 5 heteroatoms. The van der Waals surface area contributed by atoms with Gasteiger partial charge in [-0.2, -0.15) is 0 Å². The minimum absolute atomic E-state index is 0.158. The van der Waals surface area contributed by atoms with E-state index in [4.69, 9.17) is 16.7 Å². The second-order valence-electron chi connectivity index (χ2n) is 3.45. The van der Waals surface area contributed by atoms with E-state index >= 15 is 0 Å². The van der Waals surface area contributed by atoms with E-state index in [2.05, 4.69) is 5.32 Å². The summed E-state index contributed by atoms with van der Waals surface area (Å²) >= 11 is 5.59. The molecule has 0 spiro atoms. The van der Waals surface area contributed by atoms with Gasteiger partial charge in [0.1, 0.15) is 11.9 Å². The van der Waals surface area contributed by atoms with Crippen LogP contribution < -0.4 is 5.32 Å². The quantitative estimate of drug-likeness (QED) is 0.838. The van der Waals surface area contributed by atoms with Crippen molar-refractivity contribution in [2.45, 2.75) is 25.8 Å². The number of halogens is 2. The predicted octanol–water partition coefficient (Wildman–Crippen LogP) is 3.14. The van der Waals surface area contributed by atoms with Crippen molar-refractivity contribution in [1.29, 1.82) is 0 Å². The molecule has 2 N–H and O–H groups in total. The second-order valence-corrected chi connectivity index (χ2v) is 3.88. The molecule has 0 aliphatic carbocycles. The molecular formula is C11H13ClFNO2. The number of carbonyl (C=O) groups is 1. The Balaban J connectivity index is 2.81. The number of benzene rings is 1. The van der Waals surface area contributed by atoms with Crippen LogP contribution in [0, 0.1) is 5.82 Å². The van der Waals surface area contributed by atoms with Gasteiger partial charge in [0.2, 0.25) is 0 Å². The molecule has 1 aromatic carbocycles. The van der Waals surface area contributed by atoms with Gasteiger partial charge in [-0.05, 0) is 24.6 Å². The van der Waals surface area contributed by atoms with Crippen LogP contribution in [0.3, 0.4) is 0 Å². The summed E-state index contributed by atoms with van der Waals surface area (Å²) in [6.07, 6.45) is 1.15. The molecule has 0 aliphatic rings. The van der Waals surface area contributed by atoms with Crippen molar-refractivity contribution in [3.63, 3.8) is 0 Å². The van der Waals surface area contributed by atoms with Crippen molar-refractivity contribution in [2.24, 2.45) is 0 Å². The van der Waals surface area contributed by atoms with Crippen molar-refractivity contribution in [3.05, 3.63) is 29.0 Å². The zero-order valence-electron chi connectivity index (χ0n) is 8.84. The normalized spacial score (nSPS) is 12.2. The van der Waals surface area contributed by atoms with Crippen molar-refractivity contribution in [2.75, 3.05) is 5.32 Å². The zero-order chi connectivity index (χ0) is 12.1. The first kappa shape index (κ1) is 12.8. The van der Waals surface area contributed by atoms with E-state index in [-0.39, 0.29) is 10.7 Å². The Labute approximate surface area is 98.2 Å². The number of nitrogens with one attached hydrogen (secondary N) is 1. The van der Waals surface area contributed by atoms with E-state index in [0.29, 0.717) is 12.8 Å². The third-order valence-electron chi connectivity index (χ3n) is 2.14. The van der Waals surface area contributed by atoms with Crippen LogP contribution >= 0.6 is 11.6 Å². The first-order valence-electron chi connectivity index (χ1n) is 4.99. The highest BCUT2D eigenvalue weighted by molar-refractivity contribution is 6.30. The average Bonchev–Trinajstić information content (AvgIpc) is 2.20. The molecule has 0 bridgehead atoms. The maximum absolute atomic E-state index is 13.4. The molecule has 88 valence electrons. The van der Waals surface area contributed by atoms with E-state index in [0.717, 1.165) is 6.07 Å². The largest absolute Gasteiger partial charge is 0.480 e. The molecule has 0 aromatic heterocycles. The second kappa shape index (κ2) is 5.70. The molecule has 0 heterocycles. The SMILES string of the molecule is CCCC(Nc1ccc(Cl)cc1F)C(=O)O. The van der Waals surface area contributed by atoms with Gasteiger partial charge in [0.25, 0.3) is 0 Å². The summed E-state index contributed by atoms with van der Waals surface area (Å²) < 4.78 is 13.4. The van der Waals surface area contributed by atoms with Crippen LogP contribution in [0.1, 0.15) is 19.8 Å². The highest BCUT2D eigenvalue weighted by atomic mass is 35.5. The lowest BCUT2D eigenvalue weighted by Gasteiger charge is -2.15. The monoisotopic (exact) mass is 245 g/mol. The summed E-state index contributed by atoms with van der Waals surface area (Å²) in [7, 11) is 0. The van der Waals surface area contributed by atoms with Crippen LogP contribution in [0.2, 0.25) is 5.02 Å². The Morgan fingerprint density at radius 1 is 1.62 bits per heavy atom. The molecule has 1 aromatic rings. The maximum Gasteiger partial charge on any atom is 0.326 e. The number of rotatable bonds is 5. The van der Waals surface area contributed by atoms with Gasteiger partial charge in [-0.3, -0.25) is 0 Å². The fourth-order valence-electron chi connectivity index (χ4n) is 1.34. The van der Waals surface area contributed by atoms with Gasteiger partial charge in [-0.1, -0.05) is 24.9 Å². The first-order chi connectivity index (χ1) is 7.54. The first-order valence-corrected chi connectivity index (χ1v) is 5.36. The molecule has 0 radical (unpaired) electrons. The summed E-state index contributed by atoms with van der Waals surface area (Å²) in [6.45, 7) is 1.87. The van der Waals surface area contributed by atoms with E-state index < -0.39 is 17.8 Å². The third kappa shape index (κ3) is 3.38. The summed E-state index contributed by atoms with van der Waals surface area (Å²) in [6, 6.07) is 3.32. The molecule has 3 nitrogen and oxygen atoms in total. The summed E-state index contributed by atoms with van der Waals surface area (Å²) in [5, 5.41) is 11.8. The highest BCUT2D eigenvalue weighted by Crippen LogP contribution is 2.20. The lowest BCUT2D eigenvalue weighted by Crippen LogP contribution is -2.29. The smallest absolute Gasteiger partial charge is 0.326 e. The van der Waals surface area contributed by atoms with Gasteiger partial charge in [0, 0.05) is 5.02 Å². The van der Waals surface area contributed by atoms with Gasteiger partial charge < -0.3 is 10.4 Å². The maximum atomic E-state index is 13.4. The molecule has 16 heavy (non-hydrogen) atoms. The van der Waals surface area contributed by atoms with Crippen LogP contribution in [0.5, 0.6) is 0 Å². The van der Waals surface area contributed by atoms with Gasteiger partial charge >= 0.3 is 5.97 Å². The molecular weight excluding hydrogens is 233 g/mol. The Hall–Kier alpha value is -1.29. The van der Waals surface area contributed by atoms with E-state index in [9.17, 15) is 9.18 Å². The molecule has 0 amide bonds. The number of anilines is 1. The number of carboxylic acids is 1. The van der Waals surface area contributed by atoms with Crippen molar-refractivity contribution < 1.29 is 14.3 Å². The van der Waals surface area contributed by atoms with Crippen LogP contribution in [-0.2, 0) is 4.79 Å². The Morgan fingerprint density at radius 3 is 2.81 bits per heavy atom. The zero-order valence-corrected chi connectivity index (χ0v) is 9.59. The van der Waals surface area contributed by atoms with E-state index in [1.807, 2.05) is 6.92 Å². The summed E-state index contributed by atoms with van der Waals surface area (Å²) in [5.41, 5.74) is 0.158. The van der Waals surface area contributed by atoms with Crippen LogP contribution in [0.4, 0.5) is 10.1 Å². The number of hydrogen-bond acceptors (Lipinski definition) is 2. The molecule has 1 rings (SSSR count). The predicted molar refractivity (Wildman–Crippen MR) is 61.4 cm³/mol. The molecule has 0 fully saturated rings. The lowest BCUT2D eigenvalue weighted by atomic mass is 10.1.